The van der Waals surface area contributed by atoms with Crippen molar-refractivity contribution >= 4 is 27.5 Å². The number of hydrogen-bond acceptors (Lipinski definition) is 5. The van der Waals surface area contributed by atoms with E-state index in [-0.39, 0.29) is 18.1 Å². The number of hydrogen-bond donors (Lipinski definition) is 1. The van der Waals surface area contributed by atoms with Gasteiger partial charge in [-0.25, -0.2) is 4.98 Å². The molecule has 1 aromatic heterocycles. The van der Waals surface area contributed by atoms with Crippen LogP contribution in [0.5, 0.6) is 0 Å². The molecule has 1 saturated heterocycles. The average molecular weight is 375 g/mol. The number of thiazole rings is 1. The van der Waals surface area contributed by atoms with Crippen LogP contribution in [-0.4, -0.2) is 42.9 Å². The highest BCUT2D eigenvalue weighted by Crippen LogP contribution is 2.22. The quantitative estimate of drug-likeness (QED) is 0.754. The van der Waals surface area contributed by atoms with Gasteiger partial charge in [0, 0.05) is 19.4 Å². The maximum atomic E-state index is 12.4. The van der Waals surface area contributed by atoms with Gasteiger partial charge in [-0.2, -0.15) is 0 Å². The lowest BCUT2D eigenvalue weighted by Gasteiger charge is -2.31. The second-order valence-electron chi connectivity index (χ2n) is 6.77. The number of rotatable bonds is 7. The van der Waals surface area contributed by atoms with Crippen molar-refractivity contribution in [3.8, 4) is 0 Å². The standard InChI is InChI=1S/C20H26N2O3S/c1-14(2)9-12-25-17-10-11-24-13-16(17)21-19(23)7-8-20-22-15-5-3-4-6-18(15)26-20/h3-6,9,16-17H,7-8,10-13H2,1-2H3,(H,21,23)/t16-,17+/m1/s1. The number of aryl methyl sites for hydroxylation is 1. The molecule has 2 heterocycles. The summed E-state index contributed by atoms with van der Waals surface area (Å²) in [6, 6.07) is 7.97. The molecule has 26 heavy (non-hydrogen) atoms. The minimum atomic E-state index is -0.0859. The number of ether oxygens (including phenoxy) is 2. The number of nitrogens with zero attached hydrogens (tertiary/aromatic N) is 1. The van der Waals surface area contributed by atoms with Gasteiger partial charge in [0.1, 0.15) is 0 Å². The molecule has 1 aliphatic heterocycles. The minimum Gasteiger partial charge on any atom is -0.379 e. The molecule has 0 bridgehead atoms. The second-order valence-corrected chi connectivity index (χ2v) is 7.88. The van der Waals surface area contributed by atoms with Crippen LogP contribution in [0.4, 0.5) is 0 Å². The van der Waals surface area contributed by atoms with E-state index in [1.165, 1.54) is 5.57 Å². The Kier molecular flexibility index (Phi) is 6.77. The van der Waals surface area contributed by atoms with Crippen molar-refractivity contribution in [2.24, 2.45) is 0 Å². The molecule has 6 heteroatoms. The molecule has 3 rings (SSSR count). The molecular weight excluding hydrogens is 348 g/mol. The Labute approximate surface area is 158 Å². The van der Waals surface area contributed by atoms with Gasteiger partial charge in [-0.1, -0.05) is 23.8 Å². The number of carbonyl (C=O) groups is 1. The average Bonchev–Trinajstić information content (AvgIpc) is 3.04. The van der Waals surface area contributed by atoms with Crippen LogP contribution in [0.1, 0.15) is 31.7 Å². The third-order valence-corrected chi connectivity index (χ3v) is 5.44. The second kappa shape index (κ2) is 9.26. The molecule has 2 atom stereocenters. The topological polar surface area (TPSA) is 60.5 Å². The predicted molar refractivity (Wildman–Crippen MR) is 104 cm³/mol. The first-order valence-electron chi connectivity index (χ1n) is 9.08. The number of nitrogens with one attached hydrogen (secondary N) is 1. The first-order valence-corrected chi connectivity index (χ1v) is 9.90. The minimum absolute atomic E-state index is 0.00532. The number of benzene rings is 1. The van der Waals surface area contributed by atoms with E-state index in [4.69, 9.17) is 9.47 Å². The number of fused-ring (bicyclic) bond motifs is 1. The zero-order chi connectivity index (χ0) is 18.4. The van der Waals surface area contributed by atoms with Crippen molar-refractivity contribution in [3.05, 3.63) is 40.9 Å². The normalized spacial score (nSPS) is 20.1. The lowest BCUT2D eigenvalue weighted by atomic mass is 10.1. The summed E-state index contributed by atoms with van der Waals surface area (Å²) in [6.45, 7) is 5.86. The Hall–Kier alpha value is -1.76. The van der Waals surface area contributed by atoms with Crippen LogP contribution in [0, 0.1) is 0 Å². The van der Waals surface area contributed by atoms with Crippen molar-refractivity contribution in [2.45, 2.75) is 45.3 Å². The molecule has 0 spiro atoms. The molecule has 0 saturated carbocycles. The summed E-state index contributed by atoms with van der Waals surface area (Å²) < 4.78 is 12.6. The van der Waals surface area contributed by atoms with Crippen molar-refractivity contribution in [1.82, 2.24) is 10.3 Å². The molecule has 0 aliphatic carbocycles. The highest BCUT2D eigenvalue weighted by atomic mass is 32.1. The van der Waals surface area contributed by atoms with E-state index in [0.29, 0.717) is 32.7 Å². The van der Waals surface area contributed by atoms with Gasteiger partial charge in [0.25, 0.3) is 0 Å². The highest BCUT2D eigenvalue weighted by Gasteiger charge is 2.27. The third-order valence-electron chi connectivity index (χ3n) is 4.35. The number of carbonyl (C=O) groups excluding carboxylic acids is 1. The van der Waals surface area contributed by atoms with Crippen LogP contribution in [0.25, 0.3) is 10.2 Å². The van der Waals surface area contributed by atoms with Crippen molar-refractivity contribution in [2.75, 3.05) is 19.8 Å². The SMILES string of the molecule is CC(C)=CCO[C@H]1CCOC[C@H]1NC(=O)CCc1nc2ccccc2s1. The Bertz CT molecular complexity index is 734. The first-order chi connectivity index (χ1) is 12.6. The first kappa shape index (κ1) is 19.0. The summed E-state index contributed by atoms with van der Waals surface area (Å²) in [5.74, 6) is 0.0237. The van der Waals surface area contributed by atoms with E-state index in [0.717, 1.165) is 21.6 Å². The van der Waals surface area contributed by atoms with Crippen LogP contribution < -0.4 is 5.32 Å². The summed E-state index contributed by atoms with van der Waals surface area (Å²) in [5.41, 5.74) is 2.23. The van der Waals surface area contributed by atoms with E-state index in [2.05, 4.69) is 36.3 Å². The lowest BCUT2D eigenvalue weighted by molar-refractivity contribution is -0.125. The molecule has 140 valence electrons. The molecule has 1 fully saturated rings. The Morgan fingerprint density at radius 3 is 3.08 bits per heavy atom. The lowest BCUT2D eigenvalue weighted by Crippen LogP contribution is -2.50. The van der Waals surface area contributed by atoms with E-state index in [1.54, 1.807) is 11.3 Å². The molecule has 0 unspecified atom stereocenters. The molecule has 1 N–H and O–H groups in total. The fourth-order valence-corrected chi connectivity index (χ4v) is 3.88. The van der Waals surface area contributed by atoms with Crippen molar-refractivity contribution in [3.63, 3.8) is 0 Å². The fraction of sp³-hybridized carbons (Fsp3) is 0.500. The van der Waals surface area contributed by atoms with E-state index < -0.39 is 0 Å². The molecule has 2 aromatic rings. The zero-order valence-electron chi connectivity index (χ0n) is 15.4. The fourth-order valence-electron chi connectivity index (χ4n) is 2.92. The molecule has 5 nitrogen and oxygen atoms in total. The number of allylic oxidation sites excluding steroid dienone is 1. The maximum Gasteiger partial charge on any atom is 0.220 e. The van der Waals surface area contributed by atoms with Gasteiger partial charge in [0.2, 0.25) is 5.91 Å². The molecular formula is C20H26N2O3S. The molecule has 1 aromatic carbocycles. The van der Waals surface area contributed by atoms with E-state index in [9.17, 15) is 4.79 Å². The van der Waals surface area contributed by atoms with Crippen molar-refractivity contribution < 1.29 is 14.3 Å². The van der Waals surface area contributed by atoms with E-state index in [1.807, 2.05) is 18.2 Å². The Morgan fingerprint density at radius 2 is 2.27 bits per heavy atom. The smallest absolute Gasteiger partial charge is 0.220 e. The van der Waals surface area contributed by atoms with Gasteiger partial charge < -0.3 is 14.8 Å². The predicted octanol–water partition coefficient (Wildman–Crippen LogP) is 3.49. The van der Waals surface area contributed by atoms with Crippen LogP contribution in [0.15, 0.2) is 35.9 Å². The van der Waals surface area contributed by atoms with Crippen LogP contribution in [-0.2, 0) is 20.7 Å². The van der Waals surface area contributed by atoms with Gasteiger partial charge in [-0.15, -0.1) is 11.3 Å². The van der Waals surface area contributed by atoms with Gasteiger partial charge in [-0.3, -0.25) is 4.79 Å². The largest absolute Gasteiger partial charge is 0.379 e. The summed E-state index contributed by atoms with van der Waals surface area (Å²) in [6.07, 6.45) is 3.95. The van der Waals surface area contributed by atoms with Gasteiger partial charge in [-0.05, 0) is 32.4 Å². The van der Waals surface area contributed by atoms with Gasteiger partial charge in [0.15, 0.2) is 0 Å². The monoisotopic (exact) mass is 374 g/mol. The summed E-state index contributed by atoms with van der Waals surface area (Å²) >= 11 is 1.65. The number of aromatic nitrogens is 1. The number of amides is 1. The molecule has 1 amide bonds. The maximum absolute atomic E-state index is 12.4. The molecule has 0 radical (unpaired) electrons. The van der Waals surface area contributed by atoms with E-state index >= 15 is 0 Å². The van der Waals surface area contributed by atoms with Crippen LogP contribution in [0.3, 0.4) is 0 Å². The summed E-state index contributed by atoms with van der Waals surface area (Å²) in [5, 5.41) is 4.08. The highest BCUT2D eigenvalue weighted by molar-refractivity contribution is 7.18. The van der Waals surface area contributed by atoms with Crippen LogP contribution >= 0.6 is 11.3 Å². The third kappa shape index (κ3) is 5.37. The zero-order valence-corrected chi connectivity index (χ0v) is 16.2. The number of para-hydroxylation sites is 1. The Balaban J connectivity index is 1.49. The molecule has 1 aliphatic rings. The Morgan fingerprint density at radius 1 is 1.42 bits per heavy atom. The summed E-state index contributed by atoms with van der Waals surface area (Å²) in [7, 11) is 0. The van der Waals surface area contributed by atoms with Gasteiger partial charge >= 0.3 is 0 Å². The van der Waals surface area contributed by atoms with Crippen LogP contribution in [0.2, 0.25) is 0 Å². The summed E-state index contributed by atoms with van der Waals surface area (Å²) in [4.78, 5) is 17.0. The van der Waals surface area contributed by atoms with Crippen molar-refractivity contribution in [1.29, 1.82) is 0 Å². The van der Waals surface area contributed by atoms with Gasteiger partial charge in [0.05, 0.1) is 40.6 Å².